The van der Waals surface area contributed by atoms with Crippen LogP contribution in [0.1, 0.15) is 13.3 Å². The summed E-state index contributed by atoms with van der Waals surface area (Å²) >= 11 is 7.03. The Hall–Kier alpha value is -3.30. The Morgan fingerprint density at radius 3 is 2.62 bits per heavy atom. The molecule has 1 unspecified atom stereocenters. The van der Waals surface area contributed by atoms with Crippen molar-refractivity contribution in [2.75, 3.05) is 22.1 Å². The summed E-state index contributed by atoms with van der Waals surface area (Å²) in [5, 5.41) is 7.63. The minimum atomic E-state index is -0.827. The van der Waals surface area contributed by atoms with Crippen LogP contribution in [0, 0.1) is 11.7 Å². The van der Waals surface area contributed by atoms with E-state index in [1.807, 2.05) is 0 Å². The summed E-state index contributed by atoms with van der Waals surface area (Å²) in [6, 6.07) is 11.1. The second-order valence-electron chi connectivity index (χ2n) is 7.21. The minimum absolute atomic E-state index is 0.238. The Bertz CT molecular complexity index is 1200. The van der Waals surface area contributed by atoms with Crippen LogP contribution in [0.4, 0.5) is 20.9 Å². The summed E-state index contributed by atoms with van der Waals surface area (Å²) in [5.74, 6) is -2.42. The summed E-state index contributed by atoms with van der Waals surface area (Å²) in [6.45, 7) is 1.76. The molecule has 1 atom stereocenters. The Kier molecular flexibility index (Phi) is 6.20. The average molecular weight is 473 g/mol. The van der Waals surface area contributed by atoms with Gasteiger partial charge in [0, 0.05) is 40.8 Å². The summed E-state index contributed by atoms with van der Waals surface area (Å²) in [6.07, 6.45) is 0.380. The molecule has 1 saturated heterocycles. The highest BCUT2D eigenvalue weighted by Gasteiger charge is 2.37. The molecule has 1 fully saturated rings. The van der Waals surface area contributed by atoms with Crippen molar-refractivity contribution in [3.05, 3.63) is 58.7 Å². The van der Waals surface area contributed by atoms with E-state index in [4.69, 9.17) is 11.6 Å². The quantitative estimate of drug-likeness (QED) is 0.533. The lowest BCUT2D eigenvalue weighted by Crippen LogP contribution is -2.33. The lowest BCUT2D eigenvalue weighted by molar-refractivity contribution is -0.129. The highest BCUT2D eigenvalue weighted by Crippen LogP contribution is 2.31. The van der Waals surface area contributed by atoms with E-state index in [0.29, 0.717) is 35.1 Å². The number of carbonyl (C=O) groups excluding carboxylic acids is 3. The molecule has 7 nitrogen and oxygen atoms in total. The number of hydrogen-bond donors (Lipinski definition) is 2. The van der Waals surface area contributed by atoms with E-state index < -0.39 is 17.6 Å². The fourth-order valence-electron chi connectivity index (χ4n) is 3.45. The van der Waals surface area contributed by atoms with Gasteiger partial charge in [-0.1, -0.05) is 11.6 Å². The summed E-state index contributed by atoms with van der Waals surface area (Å²) in [4.78, 5) is 42.4. The van der Waals surface area contributed by atoms with Crippen LogP contribution < -0.4 is 15.5 Å². The van der Waals surface area contributed by atoms with Crippen LogP contribution in [-0.2, 0) is 14.4 Å². The van der Waals surface area contributed by atoms with Crippen molar-refractivity contribution in [1.29, 1.82) is 0 Å². The van der Waals surface area contributed by atoms with E-state index >= 15 is 0 Å². The number of nitrogens with zero attached hydrogens (tertiary/aromatic N) is 2. The molecule has 2 heterocycles. The average Bonchev–Trinajstić information content (AvgIpc) is 3.35. The highest BCUT2D eigenvalue weighted by atomic mass is 35.5. The number of nitrogens with one attached hydrogen (secondary N) is 2. The number of anilines is 3. The first kappa shape index (κ1) is 21.9. The second-order valence-corrected chi connectivity index (χ2v) is 8.51. The van der Waals surface area contributed by atoms with Gasteiger partial charge in [0.2, 0.25) is 17.7 Å². The molecule has 32 heavy (non-hydrogen) atoms. The van der Waals surface area contributed by atoms with Crippen LogP contribution in [0.2, 0.25) is 5.02 Å². The number of thiazole rings is 1. The summed E-state index contributed by atoms with van der Waals surface area (Å²) in [7, 11) is 0. The first-order chi connectivity index (χ1) is 15.3. The van der Waals surface area contributed by atoms with Crippen molar-refractivity contribution in [2.24, 2.45) is 5.92 Å². The van der Waals surface area contributed by atoms with Crippen molar-refractivity contribution in [1.82, 2.24) is 4.98 Å². The molecule has 2 aromatic carbocycles. The number of hydrogen-bond acceptors (Lipinski definition) is 5. The maximum absolute atomic E-state index is 14.5. The second kappa shape index (κ2) is 9.05. The molecule has 0 spiro atoms. The van der Waals surface area contributed by atoms with Crippen molar-refractivity contribution in [3.8, 4) is 11.3 Å². The van der Waals surface area contributed by atoms with E-state index in [1.165, 1.54) is 19.1 Å². The van der Waals surface area contributed by atoms with E-state index in [9.17, 15) is 18.8 Å². The van der Waals surface area contributed by atoms with Gasteiger partial charge >= 0.3 is 0 Å². The molecule has 1 aromatic heterocycles. The largest absolute Gasteiger partial charge is 0.326 e. The topological polar surface area (TPSA) is 91.4 Å². The van der Waals surface area contributed by atoms with Gasteiger partial charge < -0.3 is 15.5 Å². The van der Waals surface area contributed by atoms with E-state index in [1.54, 1.807) is 40.6 Å². The molecule has 3 aromatic rings. The summed E-state index contributed by atoms with van der Waals surface area (Å²) in [5.41, 5.74) is 1.61. The third-order valence-electron chi connectivity index (χ3n) is 4.96. The van der Waals surface area contributed by atoms with Gasteiger partial charge in [0.05, 0.1) is 5.69 Å². The van der Waals surface area contributed by atoms with Crippen LogP contribution in [0.3, 0.4) is 0 Å². The SMILES string of the molecule is CC(=O)Nc1ccc(-c2csc(NC(=O)C3CCN(c4ccc(Cl)cc4)C3=O)n2)c(F)c1. The standard InChI is InChI=1S/C22H18ClFN4O3S/c1-12(29)25-14-4-7-16(18(24)10-14)19-11-32-22(26-19)27-20(30)17-8-9-28(21(17)31)15-5-2-13(23)3-6-15/h2-7,10-11,17H,8-9H2,1H3,(H,25,29)(H,26,27,30). The van der Waals surface area contributed by atoms with Crippen LogP contribution in [0.5, 0.6) is 0 Å². The molecule has 164 valence electrons. The normalized spacial score (nSPS) is 15.7. The zero-order valence-corrected chi connectivity index (χ0v) is 18.5. The van der Waals surface area contributed by atoms with Gasteiger partial charge in [-0.25, -0.2) is 9.37 Å². The molecule has 0 bridgehead atoms. The molecule has 0 aliphatic carbocycles. The monoisotopic (exact) mass is 472 g/mol. The van der Waals surface area contributed by atoms with Crippen molar-refractivity contribution in [3.63, 3.8) is 0 Å². The Labute approximate surface area is 192 Å². The molecular weight excluding hydrogens is 455 g/mol. The predicted octanol–water partition coefficient (Wildman–Crippen LogP) is 4.55. The number of halogens is 2. The fraction of sp³-hybridized carbons (Fsp3) is 0.182. The Morgan fingerprint density at radius 2 is 1.94 bits per heavy atom. The highest BCUT2D eigenvalue weighted by molar-refractivity contribution is 7.14. The third kappa shape index (κ3) is 4.63. The molecule has 10 heteroatoms. The number of amides is 3. The molecule has 3 amide bonds. The fourth-order valence-corrected chi connectivity index (χ4v) is 4.29. The van der Waals surface area contributed by atoms with Gasteiger partial charge in [-0.15, -0.1) is 11.3 Å². The Balaban J connectivity index is 1.43. The van der Waals surface area contributed by atoms with Gasteiger partial charge in [-0.3, -0.25) is 14.4 Å². The van der Waals surface area contributed by atoms with Gasteiger partial charge in [-0.2, -0.15) is 0 Å². The Morgan fingerprint density at radius 1 is 1.19 bits per heavy atom. The van der Waals surface area contributed by atoms with Gasteiger partial charge in [0.25, 0.3) is 0 Å². The van der Waals surface area contributed by atoms with Crippen LogP contribution >= 0.6 is 22.9 Å². The van der Waals surface area contributed by atoms with Crippen molar-refractivity contribution >= 4 is 57.2 Å². The smallest absolute Gasteiger partial charge is 0.239 e. The number of rotatable bonds is 5. The number of benzene rings is 2. The van der Waals surface area contributed by atoms with E-state index in [2.05, 4.69) is 15.6 Å². The van der Waals surface area contributed by atoms with Crippen molar-refractivity contribution in [2.45, 2.75) is 13.3 Å². The maximum Gasteiger partial charge on any atom is 0.239 e. The first-order valence-electron chi connectivity index (χ1n) is 9.72. The van der Waals surface area contributed by atoms with Crippen LogP contribution in [0.15, 0.2) is 47.8 Å². The molecule has 0 radical (unpaired) electrons. The van der Waals surface area contributed by atoms with Gasteiger partial charge in [0.1, 0.15) is 11.7 Å². The maximum atomic E-state index is 14.5. The number of carbonyl (C=O) groups is 3. The first-order valence-corrected chi connectivity index (χ1v) is 11.0. The molecule has 1 aliphatic heterocycles. The van der Waals surface area contributed by atoms with Gasteiger partial charge in [0.15, 0.2) is 5.13 Å². The molecular formula is C22H18ClFN4O3S. The molecule has 1 aliphatic rings. The van der Waals surface area contributed by atoms with Gasteiger partial charge in [-0.05, 0) is 48.9 Å². The molecule has 0 saturated carbocycles. The lowest BCUT2D eigenvalue weighted by Gasteiger charge is -2.16. The van der Waals surface area contributed by atoms with Crippen LogP contribution in [-0.4, -0.2) is 29.3 Å². The summed E-state index contributed by atoms with van der Waals surface area (Å²) < 4.78 is 14.5. The predicted molar refractivity (Wildman–Crippen MR) is 122 cm³/mol. The third-order valence-corrected chi connectivity index (χ3v) is 5.97. The lowest BCUT2D eigenvalue weighted by atomic mass is 10.1. The molecule has 2 N–H and O–H groups in total. The number of aromatic nitrogens is 1. The van der Waals surface area contributed by atoms with Crippen molar-refractivity contribution < 1.29 is 18.8 Å². The van der Waals surface area contributed by atoms with Crippen LogP contribution in [0.25, 0.3) is 11.3 Å². The zero-order valence-electron chi connectivity index (χ0n) is 16.9. The molecule has 4 rings (SSSR count). The zero-order chi connectivity index (χ0) is 22.8. The van der Waals surface area contributed by atoms with E-state index in [-0.39, 0.29) is 22.5 Å². The van der Waals surface area contributed by atoms with E-state index in [0.717, 1.165) is 11.3 Å². The minimum Gasteiger partial charge on any atom is -0.326 e.